The van der Waals surface area contributed by atoms with Gasteiger partial charge in [-0.25, -0.2) is 0 Å². The minimum atomic E-state index is -0.712. The molecule has 4 heteroatoms. The Balaban J connectivity index is 3.64. The van der Waals surface area contributed by atoms with Crippen LogP contribution in [0.2, 0.25) is 0 Å². The van der Waals surface area contributed by atoms with Crippen LogP contribution in [-0.2, 0) is 14.3 Å². The fraction of sp³-hybridized carbons (Fsp3) is 0.895. The molecule has 4 nitrogen and oxygen atoms in total. The van der Waals surface area contributed by atoms with Gasteiger partial charge in [0.05, 0.1) is 0 Å². The van der Waals surface area contributed by atoms with Crippen molar-refractivity contribution in [3.8, 4) is 0 Å². The van der Waals surface area contributed by atoms with Crippen LogP contribution in [0.5, 0.6) is 0 Å². The van der Waals surface area contributed by atoms with Crippen LogP contribution in [0.15, 0.2) is 12.2 Å². The van der Waals surface area contributed by atoms with E-state index in [0.29, 0.717) is 6.42 Å². The first-order valence-corrected chi connectivity index (χ1v) is 18.7. The lowest BCUT2D eigenvalue weighted by Crippen LogP contribution is -2.18. The van der Waals surface area contributed by atoms with Crippen molar-refractivity contribution in [1.82, 2.24) is 0 Å². The fourth-order valence-electron chi connectivity index (χ4n) is 5.71. The first-order valence-electron chi connectivity index (χ1n) is 18.7. The van der Waals surface area contributed by atoms with E-state index in [2.05, 4.69) is 26.0 Å². The third-order valence-corrected chi connectivity index (χ3v) is 8.49. The number of aliphatic carboxylic acids is 1. The number of carbonyl (C=O) groups is 2. The molecule has 0 aromatic heterocycles. The molecule has 1 unspecified atom stereocenters. The molecule has 1 atom stereocenters. The second-order valence-electron chi connectivity index (χ2n) is 12.8. The van der Waals surface area contributed by atoms with Crippen LogP contribution < -0.4 is 0 Å². The van der Waals surface area contributed by atoms with E-state index >= 15 is 0 Å². The van der Waals surface area contributed by atoms with Gasteiger partial charge in [-0.2, -0.15) is 0 Å². The molecule has 0 rings (SSSR count). The molecule has 0 aromatic carbocycles. The van der Waals surface area contributed by atoms with Crippen LogP contribution in [0, 0.1) is 0 Å². The summed E-state index contributed by atoms with van der Waals surface area (Å²) >= 11 is 0. The largest absolute Gasteiger partial charge is 0.481 e. The Hall–Kier alpha value is -1.32. The molecule has 0 saturated carbocycles. The second kappa shape index (κ2) is 34.2. The highest BCUT2D eigenvalue weighted by atomic mass is 16.5. The summed E-state index contributed by atoms with van der Waals surface area (Å²) in [5, 5.41) is 8.77. The van der Waals surface area contributed by atoms with Crippen molar-refractivity contribution in [3.63, 3.8) is 0 Å². The first kappa shape index (κ1) is 40.7. The Morgan fingerprint density at radius 2 is 0.857 bits per heavy atom. The van der Waals surface area contributed by atoms with Crippen molar-refractivity contribution in [3.05, 3.63) is 12.2 Å². The van der Waals surface area contributed by atoms with Gasteiger partial charge in [-0.3, -0.25) is 9.59 Å². The molecule has 0 spiro atoms. The van der Waals surface area contributed by atoms with Crippen molar-refractivity contribution < 1.29 is 19.4 Å². The number of rotatable bonds is 34. The monoisotopic (exact) mass is 593 g/mol. The van der Waals surface area contributed by atoms with Gasteiger partial charge < -0.3 is 9.84 Å². The van der Waals surface area contributed by atoms with E-state index < -0.39 is 5.97 Å². The summed E-state index contributed by atoms with van der Waals surface area (Å²) in [5.41, 5.74) is 0. The maximum Gasteiger partial charge on any atom is 0.306 e. The molecule has 0 aliphatic carbocycles. The summed E-state index contributed by atoms with van der Waals surface area (Å²) < 4.78 is 5.88. The molecule has 248 valence electrons. The summed E-state index contributed by atoms with van der Waals surface area (Å²) in [6.07, 6.45) is 41.1. The van der Waals surface area contributed by atoms with Gasteiger partial charge >= 0.3 is 11.9 Å². The summed E-state index contributed by atoms with van der Waals surface area (Å²) in [5.74, 6) is -0.732. The smallest absolute Gasteiger partial charge is 0.306 e. The molecular formula is C38H72O4. The highest BCUT2D eigenvalue weighted by Gasteiger charge is 2.14. The van der Waals surface area contributed by atoms with Gasteiger partial charge in [0, 0.05) is 12.8 Å². The van der Waals surface area contributed by atoms with Crippen LogP contribution in [0.1, 0.15) is 213 Å². The predicted octanol–water partition coefficient (Wildman–Crippen LogP) is 12.7. The Labute approximate surface area is 262 Å². The zero-order valence-electron chi connectivity index (χ0n) is 28.3. The number of ether oxygens (including phenoxy) is 1. The van der Waals surface area contributed by atoms with Crippen LogP contribution >= 0.6 is 0 Å². The van der Waals surface area contributed by atoms with Gasteiger partial charge in [-0.05, 0) is 64.2 Å². The minimum Gasteiger partial charge on any atom is -0.481 e. The molecule has 0 aliphatic rings. The quantitative estimate of drug-likeness (QED) is 0.0458. The molecule has 0 aliphatic heterocycles. The molecule has 1 N–H and O–H groups in total. The van der Waals surface area contributed by atoms with Crippen molar-refractivity contribution in [2.45, 2.75) is 219 Å². The summed E-state index contributed by atoms with van der Waals surface area (Å²) in [6.45, 7) is 4.50. The molecule has 0 radical (unpaired) electrons. The Bertz CT molecular complexity index is 600. The van der Waals surface area contributed by atoms with Gasteiger partial charge in [-0.1, -0.05) is 148 Å². The van der Waals surface area contributed by atoms with Crippen molar-refractivity contribution in [2.24, 2.45) is 0 Å². The number of hydrogen-bond acceptors (Lipinski definition) is 3. The third-order valence-electron chi connectivity index (χ3n) is 8.49. The van der Waals surface area contributed by atoms with Crippen molar-refractivity contribution in [2.75, 3.05) is 0 Å². The SMILES string of the molecule is CCCCCCCCCC/C=C\CCCCCCCCCCCC(=O)OC(CCCCCC)CCCCCCC(=O)O. The first-order chi connectivity index (χ1) is 20.6. The number of carboxylic acids is 1. The summed E-state index contributed by atoms with van der Waals surface area (Å²) in [4.78, 5) is 23.1. The normalized spacial score (nSPS) is 12.2. The Morgan fingerprint density at radius 1 is 0.500 bits per heavy atom. The van der Waals surface area contributed by atoms with Crippen LogP contribution in [-0.4, -0.2) is 23.1 Å². The third kappa shape index (κ3) is 33.2. The number of esters is 1. The van der Waals surface area contributed by atoms with Gasteiger partial charge in [0.2, 0.25) is 0 Å². The van der Waals surface area contributed by atoms with E-state index in [9.17, 15) is 9.59 Å². The van der Waals surface area contributed by atoms with Crippen LogP contribution in [0.3, 0.4) is 0 Å². The molecule has 42 heavy (non-hydrogen) atoms. The number of carboxylic acid groups (broad SMARTS) is 1. The lowest BCUT2D eigenvalue weighted by molar-refractivity contribution is -0.150. The molecule has 0 saturated heterocycles. The van der Waals surface area contributed by atoms with E-state index in [1.807, 2.05) is 0 Å². The van der Waals surface area contributed by atoms with Crippen LogP contribution in [0.25, 0.3) is 0 Å². The molecule has 0 heterocycles. The van der Waals surface area contributed by atoms with E-state index in [4.69, 9.17) is 9.84 Å². The maximum absolute atomic E-state index is 12.5. The average molecular weight is 593 g/mol. The average Bonchev–Trinajstić information content (AvgIpc) is 2.97. The summed E-state index contributed by atoms with van der Waals surface area (Å²) in [6, 6.07) is 0. The molecule has 0 bridgehead atoms. The summed E-state index contributed by atoms with van der Waals surface area (Å²) in [7, 11) is 0. The van der Waals surface area contributed by atoms with Gasteiger partial charge in [0.25, 0.3) is 0 Å². The van der Waals surface area contributed by atoms with E-state index in [-0.39, 0.29) is 18.5 Å². The van der Waals surface area contributed by atoms with E-state index in [1.54, 1.807) is 0 Å². The van der Waals surface area contributed by atoms with Gasteiger partial charge in [0.15, 0.2) is 0 Å². The maximum atomic E-state index is 12.5. The topological polar surface area (TPSA) is 63.6 Å². The number of unbranched alkanes of at least 4 members (excludes halogenated alkanes) is 23. The molecule has 0 fully saturated rings. The van der Waals surface area contributed by atoms with Crippen molar-refractivity contribution >= 4 is 11.9 Å². The van der Waals surface area contributed by atoms with E-state index in [0.717, 1.165) is 57.8 Å². The van der Waals surface area contributed by atoms with Crippen molar-refractivity contribution in [1.29, 1.82) is 0 Å². The molecular weight excluding hydrogens is 520 g/mol. The highest BCUT2D eigenvalue weighted by molar-refractivity contribution is 5.69. The lowest BCUT2D eigenvalue weighted by atomic mass is 10.0. The highest BCUT2D eigenvalue weighted by Crippen LogP contribution is 2.18. The van der Waals surface area contributed by atoms with E-state index in [1.165, 1.54) is 128 Å². The zero-order chi connectivity index (χ0) is 30.8. The van der Waals surface area contributed by atoms with Gasteiger partial charge in [-0.15, -0.1) is 0 Å². The zero-order valence-corrected chi connectivity index (χ0v) is 28.3. The molecule has 0 aromatic rings. The Morgan fingerprint density at radius 3 is 1.31 bits per heavy atom. The lowest BCUT2D eigenvalue weighted by Gasteiger charge is -2.18. The van der Waals surface area contributed by atoms with Crippen LogP contribution in [0.4, 0.5) is 0 Å². The standard InChI is InChI=1S/C38H72O4/c1-3-5-7-9-10-11-12-13-14-15-16-17-18-19-20-21-22-23-24-25-31-35-38(41)42-36(32-28-8-6-4-2)33-29-26-27-30-34-37(39)40/h15-16,36H,3-14,17-35H2,1-2H3,(H,39,40)/b16-15-. The second-order valence-corrected chi connectivity index (χ2v) is 12.8. The van der Waals surface area contributed by atoms with Gasteiger partial charge in [0.1, 0.15) is 6.10 Å². The number of hydrogen-bond donors (Lipinski definition) is 1. The molecule has 0 amide bonds. The number of carbonyl (C=O) groups excluding carboxylic acids is 1. The fourth-order valence-corrected chi connectivity index (χ4v) is 5.71. The predicted molar refractivity (Wildman–Crippen MR) is 181 cm³/mol. The number of allylic oxidation sites excluding steroid dienone is 2. The Kier molecular flexibility index (Phi) is 33.1. The minimum absolute atomic E-state index is 0.0202.